The van der Waals surface area contributed by atoms with Crippen molar-refractivity contribution in [2.24, 2.45) is 0 Å². The standard InChI is InChI=1S/C17H24N2O4/c1-3-19(13-12-17(22)23)16(21)11-7-10-15(20)18(2)14-8-5-4-6-9-14/h4-6,8-9H,3,7,10-13H2,1-2H3,(H,22,23). The van der Waals surface area contributed by atoms with Gasteiger partial charge in [0.15, 0.2) is 0 Å². The summed E-state index contributed by atoms with van der Waals surface area (Å²) >= 11 is 0. The summed E-state index contributed by atoms with van der Waals surface area (Å²) in [7, 11) is 1.71. The van der Waals surface area contributed by atoms with E-state index in [1.165, 1.54) is 4.90 Å². The summed E-state index contributed by atoms with van der Waals surface area (Å²) in [5.74, 6) is -1.07. The minimum absolute atomic E-state index is 0.0439. The lowest BCUT2D eigenvalue weighted by atomic mass is 10.2. The third kappa shape index (κ3) is 6.50. The number of anilines is 1. The molecule has 6 heteroatoms. The van der Waals surface area contributed by atoms with Gasteiger partial charge in [-0.3, -0.25) is 14.4 Å². The molecule has 0 spiro atoms. The summed E-state index contributed by atoms with van der Waals surface area (Å²) in [6.07, 6.45) is 0.934. The van der Waals surface area contributed by atoms with Gasteiger partial charge < -0.3 is 14.9 Å². The molecule has 23 heavy (non-hydrogen) atoms. The van der Waals surface area contributed by atoms with Crippen LogP contribution in [0.1, 0.15) is 32.6 Å². The molecule has 1 rings (SSSR count). The van der Waals surface area contributed by atoms with Gasteiger partial charge in [-0.25, -0.2) is 0 Å². The number of rotatable bonds is 9. The van der Waals surface area contributed by atoms with Gasteiger partial charge in [0, 0.05) is 38.7 Å². The number of hydrogen-bond acceptors (Lipinski definition) is 3. The van der Waals surface area contributed by atoms with Crippen LogP contribution in [0.4, 0.5) is 5.69 Å². The first-order valence-electron chi connectivity index (χ1n) is 7.76. The monoisotopic (exact) mass is 320 g/mol. The lowest BCUT2D eigenvalue weighted by molar-refractivity contribution is -0.138. The quantitative estimate of drug-likeness (QED) is 0.756. The van der Waals surface area contributed by atoms with Gasteiger partial charge in [-0.1, -0.05) is 18.2 Å². The van der Waals surface area contributed by atoms with Crippen LogP contribution in [-0.4, -0.2) is 47.9 Å². The van der Waals surface area contributed by atoms with Gasteiger partial charge in [0.1, 0.15) is 0 Å². The van der Waals surface area contributed by atoms with Crippen LogP contribution < -0.4 is 4.90 Å². The van der Waals surface area contributed by atoms with Crippen molar-refractivity contribution >= 4 is 23.5 Å². The van der Waals surface area contributed by atoms with E-state index < -0.39 is 5.97 Å². The molecule has 0 heterocycles. The number of carboxylic acid groups (broad SMARTS) is 1. The number of amides is 2. The highest BCUT2D eigenvalue weighted by molar-refractivity contribution is 5.93. The second-order valence-electron chi connectivity index (χ2n) is 5.26. The van der Waals surface area contributed by atoms with Gasteiger partial charge in [0.25, 0.3) is 0 Å². The van der Waals surface area contributed by atoms with E-state index in [-0.39, 0.29) is 37.6 Å². The van der Waals surface area contributed by atoms with E-state index >= 15 is 0 Å². The van der Waals surface area contributed by atoms with E-state index in [1.807, 2.05) is 37.3 Å². The zero-order valence-corrected chi connectivity index (χ0v) is 13.7. The minimum atomic E-state index is -0.920. The molecule has 0 saturated carbocycles. The molecule has 0 radical (unpaired) electrons. The van der Waals surface area contributed by atoms with Gasteiger partial charge in [-0.2, -0.15) is 0 Å². The Hall–Kier alpha value is -2.37. The zero-order chi connectivity index (χ0) is 17.2. The second kappa shape index (κ2) is 9.61. The first-order chi connectivity index (χ1) is 11.0. The largest absolute Gasteiger partial charge is 0.481 e. The van der Waals surface area contributed by atoms with Crippen molar-refractivity contribution in [3.05, 3.63) is 30.3 Å². The Labute approximate surface area is 136 Å². The number of hydrogen-bond donors (Lipinski definition) is 1. The average molecular weight is 320 g/mol. The molecule has 0 unspecified atom stereocenters. The second-order valence-corrected chi connectivity index (χ2v) is 5.26. The average Bonchev–Trinajstić information content (AvgIpc) is 2.55. The lowest BCUT2D eigenvalue weighted by Gasteiger charge is -2.20. The number of carbonyl (C=O) groups is 3. The molecular weight excluding hydrogens is 296 g/mol. The summed E-state index contributed by atoms with van der Waals surface area (Å²) in [5.41, 5.74) is 0.820. The summed E-state index contributed by atoms with van der Waals surface area (Å²) in [4.78, 5) is 37.8. The molecule has 126 valence electrons. The Morgan fingerprint density at radius 1 is 1.00 bits per heavy atom. The van der Waals surface area contributed by atoms with Gasteiger partial charge in [0.05, 0.1) is 6.42 Å². The maximum absolute atomic E-state index is 12.1. The SMILES string of the molecule is CCN(CCC(=O)O)C(=O)CCCC(=O)N(C)c1ccccc1. The molecule has 0 fully saturated rings. The summed E-state index contributed by atoms with van der Waals surface area (Å²) in [6.45, 7) is 2.50. The molecule has 1 aromatic carbocycles. The molecule has 1 aromatic rings. The normalized spacial score (nSPS) is 10.2. The molecule has 6 nitrogen and oxygen atoms in total. The molecule has 0 aliphatic carbocycles. The van der Waals surface area contributed by atoms with Gasteiger partial charge >= 0.3 is 5.97 Å². The molecule has 0 aliphatic heterocycles. The van der Waals surface area contributed by atoms with E-state index in [4.69, 9.17) is 5.11 Å². The number of para-hydroxylation sites is 1. The Morgan fingerprint density at radius 2 is 1.61 bits per heavy atom. The number of aliphatic carboxylic acids is 1. The topological polar surface area (TPSA) is 77.9 Å². The Bertz CT molecular complexity index is 531. The Morgan fingerprint density at radius 3 is 2.17 bits per heavy atom. The molecule has 0 aromatic heterocycles. The number of carboxylic acids is 1. The fourth-order valence-electron chi connectivity index (χ4n) is 2.20. The highest BCUT2D eigenvalue weighted by Gasteiger charge is 2.15. The van der Waals surface area contributed by atoms with Crippen molar-refractivity contribution in [2.45, 2.75) is 32.6 Å². The van der Waals surface area contributed by atoms with E-state index in [0.717, 1.165) is 5.69 Å². The van der Waals surface area contributed by atoms with Crippen LogP contribution in [0.5, 0.6) is 0 Å². The third-order valence-electron chi connectivity index (χ3n) is 3.63. The molecular formula is C17H24N2O4. The van der Waals surface area contributed by atoms with Crippen molar-refractivity contribution < 1.29 is 19.5 Å². The fraction of sp³-hybridized carbons (Fsp3) is 0.471. The zero-order valence-electron chi connectivity index (χ0n) is 13.7. The van der Waals surface area contributed by atoms with Crippen molar-refractivity contribution in [2.75, 3.05) is 25.0 Å². The fourth-order valence-corrected chi connectivity index (χ4v) is 2.20. The number of nitrogens with zero attached hydrogens (tertiary/aromatic N) is 2. The van der Waals surface area contributed by atoms with Crippen molar-refractivity contribution in [3.8, 4) is 0 Å². The molecule has 0 bridgehead atoms. The summed E-state index contributed by atoms with van der Waals surface area (Å²) < 4.78 is 0. The van der Waals surface area contributed by atoms with E-state index in [2.05, 4.69) is 0 Å². The van der Waals surface area contributed by atoms with E-state index in [0.29, 0.717) is 13.0 Å². The highest BCUT2D eigenvalue weighted by Crippen LogP contribution is 2.13. The molecule has 1 N–H and O–H groups in total. The Balaban J connectivity index is 2.38. The maximum Gasteiger partial charge on any atom is 0.305 e. The summed E-state index contributed by atoms with van der Waals surface area (Å²) in [6, 6.07) is 9.33. The van der Waals surface area contributed by atoms with Crippen LogP contribution >= 0.6 is 0 Å². The maximum atomic E-state index is 12.1. The number of benzene rings is 1. The van der Waals surface area contributed by atoms with E-state index in [1.54, 1.807) is 11.9 Å². The predicted octanol–water partition coefficient (Wildman–Crippen LogP) is 2.14. The van der Waals surface area contributed by atoms with Crippen LogP contribution in [0.2, 0.25) is 0 Å². The number of carbonyl (C=O) groups excluding carboxylic acids is 2. The predicted molar refractivity (Wildman–Crippen MR) is 88.2 cm³/mol. The smallest absolute Gasteiger partial charge is 0.305 e. The van der Waals surface area contributed by atoms with Gasteiger partial charge in [-0.05, 0) is 25.5 Å². The Kier molecular flexibility index (Phi) is 7.80. The van der Waals surface area contributed by atoms with Gasteiger partial charge in [0.2, 0.25) is 11.8 Å². The van der Waals surface area contributed by atoms with Crippen molar-refractivity contribution in [1.29, 1.82) is 0 Å². The van der Waals surface area contributed by atoms with Crippen molar-refractivity contribution in [3.63, 3.8) is 0 Å². The minimum Gasteiger partial charge on any atom is -0.481 e. The van der Waals surface area contributed by atoms with Crippen molar-refractivity contribution in [1.82, 2.24) is 4.90 Å². The van der Waals surface area contributed by atoms with Crippen LogP contribution in [0.3, 0.4) is 0 Å². The summed E-state index contributed by atoms with van der Waals surface area (Å²) in [5, 5.41) is 8.67. The molecule has 0 atom stereocenters. The van der Waals surface area contributed by atoms with Crippen LogP contribution in [0.25, 0.3) is 0 Å². The molecule has 0 aliphatic rings. The first kappa shape index (κ1) is 18.7. The molecule has 0 saturated heterocycles. The van der Waals surface area contributed by atoms with Crippen LogP contribution in [-0.2, 0) is 14.4 Å². The first-order valence-corrected chi connectivity index (χ1v) is 7.76. The molecule has 2 amide bonds. The van der Waals surface area contributed by atoms with Gasteiger partial charge in [-0.15, -0.1) is 0 Å². The van der Waals surface area contributed by atoms with Crippen LogP contribution in [0.15, 0.2) is 30.3 Å². The third-order valence-corrected chi connectivity index (χ3v) is 3.63. The van der Waals surface area contributed by atoms with Crippen LogP contribution in [0, 0.1) is 0 Å². The lowest BCUT2D eigenvalue weighted by Crippen LogP contribution is -2.33. The highest BCUT2D eigenvalue weighted by atomic mass is 16.4. The van der Waals surface area contributed by atoms with E-state index in [9.17, 15) is 14.4 Å².